The van der Waals surface area contributed by atoms with Gasteiger partial charge in [-0.1, -0.05) is 12.1 Å². The van der Waals surface area contributed by atoms with Crippen LogP contribution in [0.5, 0.6) is 5.75 Å². The first kappa shape index (κ1) is 17.5. The second-order valence-corrected chi connectivity index (χ2v) is 4.28. The van der Waals surface area contributed by atoms with Crippen LogP contribution in [0.2, 0.25) is 0 Å². The molecule has 1 aromatic carbocycles. The summed E-state index contributed by atoms with van der Waals surface area (Å²) in [6.07, 6.45) is 1.42. The minimum atomic E-state index is -0.715. The average molecular weight is 303 g/mol. The summed E-state index contributed by atoms with van der Waals surface area (Å²) in [4.78, 5) is 23.7. The highest BCUT2D eigenvalue weighted by molar-refractivity contribution is 6.17. The molecule has 22 heavy (non-hydrogen) atoms. The molecule has 0 atom stereocenters. The lowest BCUT2D eigenvalue weighted by molar-refractivity contribution is -0.146. The summed E-state index contributed by atoms with van der Waals surface area (Å²) >= 11 is 0. The minimum Gasteiger partial charge on any atom is -0.462 e. The molecule has 1 rings (SSSR count). The van der Waals surface area contributed by atoms with Crippen LogP contribution in [-0.2, 0) is 19.1 Å². The highest BCUT2D eigenvalue weighted by atomic mass is 16.6. The summed E-state index contributed by atoms with van der Waals surface area (Å²) in [5.74, 6) is -0.548. The van der Waals surface area contributed by atoms with E-state index in [-0.39, 0.29) is 18.8 Å². The van der Waals surface area contributed by atoms with Gasteiger partial charge in [0.05, 0.1) is 13.2 Å². The van der Waals surface area contributed by atoms with Crippen LogP contribution in [-0.4, -0.2) is 25.2 Å². The molecule has 0 aliphatic rings. The van der Waals surface area contributed by atoms with E-state index >= 15 is 0 Å². The third-order valence-corrected chi connectivity index (χ3v) is 2.46. The van der Waals surface area contributed by atoms with Crippen molar-refractivity contribution in [2.75, 3.05) is 13.2 Å². The zero-order valence-corrected chi connectivity index (χ0v) is 12.9. The summed E-state index contributed by atoms with van der Waals surface area (Å²) in [5.41, 5.74) is 0.483. The highest BCUT2D eigenvalue weighted by Gasteiger charge is 2.20. The topological polar surface area (TPSA) is 61.8 Å². The van der Waals surface area contributed by atoms with E-state index in [9.17, 15) is 9.59 Å². The van der Waals surface area contributed by atoms with Crippen LogP contribution in [0.1, 0.15) is 26.3 Å². The van der Waals surface area contributed by atoms with Crippen molar-refractivity contribution in [1.29, 1.82) is 0 Å². The number of carbonyl (C=O) groups is 2. The van der Waals surface area contributed by atoms with E-state index in [0.717, 1.165) is 0 Å². The molecule has 0 fully saturated rings. The van der Waals surface area contributed by atoms with E-state index in [1.165, 1.54) is 6.08 Å². The molecule has 0 N–H and O–H groups in total. The molecule has 0 bridgehead atoms. The van der Waals surface area contributed by atoms with E-state index in [4.69, 9.17) is 20.8 Å². The Kier molecular flexibility index (Phi) is 6.89. The predicted molar refractivity (Wildman–Crippen MR) is 81.8 cm³/mol. The van der Waals surface area contributed by atoms with Crippen LogP contribution in [0.15, 0.2) is 35.6 Å². The van der Waals surface area contributed by atoms with Crippen LogP contribution in [0, 0.1) is 6.58 Å². The molecule has 5 heteroatoms. The predicted octanol–water partition coefficient (Wildman–Crippen LogP) is 2.91. The van der Waals surface area contributed by atoms with Crippen molar-refractivity contribution in [1.82, 2.24) is 0 Å². The molecule has 1 aromatic rings. The molecule has 0 aliphatic carbocycles. The van der Waals surface area contributed by atoms with Gasteiger partial charge < -0.3 is 14.2 Å². The molecule has 117 valence electrons. The summed E-state index contributed by atoms with van der Waals surface area (Å²) in [5, 5.41) is 0. The molecule has 0 saturated carbocycles. The quantitative estimate of drug-likeness (QED) is 0.255. The van der Waals surface area contributed by atoms with Gasteiger partial charge in [-0.15, -0.1) is 0 Å². The SMILES string of the molecule is [CH]=C(C)Oc1ccc(C=C(C(=O)OCC)C(=O)OCC)cc1. The third kappa shape index (κ3) is 5.44. The van der Waals surface area contributed by atoms with E-state index in [2.05, 4.69) is 0 Å². The molecule has 0 heterocycles. The molecular formula is C17H19O5. The van der Waals surface area contributed by atoms with Gasteiger partial charge in [0.2, 0.25) is 0 Å². The lowest BCUT2D eigenvalue weighted by Gasteiger charge is -2.07. The van der Waals surface area contributed by atoms with Gasteiger partial charge >= 0.3 is 11.9 Å². The molecular weight excluding hydrogens is 284 g/mol. The van der Waals surface area contributed by atoms with Crippen LogP contribution in [0.3, 0.4) is 0 Å². The maximum Gasteiger partial charge on any atom is 0.345 e. The smallest absolute Gasteiger partial charge is 0.345 e. The monoisotopic (exact) mass is 303 g/mol. The Morgan fingerprint density at radius 1 is 1.05 bits per heavy atom. The first-order valence-corrected chi connectivity index (χ1v) is 6.90. The van der Waals surface area contributed by atoms with E-state index in [1.807, 2.05) is 0 Å². The standard InChI is InChI=1S/C17H19O5/c1-5-20-16(18)15(17(19)21-6-2)11-13-7-9-14(10-8-13)22-12(3)4/h3,7-11H,5-6H2,1-2,4H3. The van der Waals surface area contributed by atoms with Gasteiger partial charge in [0.1, 0.15) is 17.1 Å². The van der Waals surface area contributed by atoms with Crippen molar-refractivity contribution >= 4 is 18.0 Å². The number of carbonyl (C=O) groups excluding carboxylic acids is 2. The van der Waals surface area contributed by atoms with E-state index in [0.29, 0.717) is 17.1 Å². The van der Waals surface area contributed by atoms with Crippen molar-refractivity contribution in [2.24, 2.45) is 0 Å². The zero-order chi connectivity index (χ0) is 16.5. The van der Waals surface area contributed by atoms with Crippen molar-refractivity contribution in [3.8, 4) is 5.75 Å². The van der Waals surface area contributed by atoms with E-state index < -0.39 is 11.9 Å². The van der Waals surface area contributed by atoms with Crippen LogP contribution in [0.4, 0.5) is 0 Å². The average Bonchev–Trinajstić information content (AvgIpc) is 2.46. The van der Waals surface area contributed by atoms with Crippen LogP contribution in [0.25, 0.3) is 6.08 Å². The molecule has 5 nitrogen and oxygen atoms in total. The Morgan fingerprint density at radius 3 is 1.95 bits per heavy atom. The fraction of sp³-hybridized carbons (Fsp3) is 0.294. The van der Waals surface area contributed by atoms with Crippen molar-refractivity contribution in [3.05, 3.63) is 47.7 Å². The molecule has 0 spiro atoms. The maximum absolute atomic E-state index is 11.8. The van der Waals surface area contributed by atoms with Crippen molar-refractivity contribution in [3.63, 3.8) is 0 Å². The highest BCUT2D eigenvalue weighted by Crippen LogP contribution is 2.17. The summed E-state index contributed by atoms with van der Waals surface area (Å²) in [6, 6.07) is 6.74. The van der Waals surface area contributed by atoms with Crippen molar-refractivity contribution < 1.29 is 23.8 Å². The Hall–Kier alpha value is -2.56. The van der Waals surface area contributed by atoms with Gasteiger partial charge in [-0.2, -0.15) is 0 Å². The number of hydrogen-bond acceptors (Lipinski definition) is 5. The Labute approximate surface area is 130 Å². The normalized spacial score (nSPS) is 9.59. The lowest BCUT2D eigenvalue weighted by Crippen LogP contribution is -2.18. The molecule has 0 aliphatic heterocycles. The van der Waals surface area contributed by atoms with Gasteiger partial charge in [0.25, 0.3) is 0 Å². The zero-order valence-electron chi connectivity index (χ0n) is 12.9. The third-order valence-electron chi connectivity index (χ3n) is 2.46. The summed E-state index contributed by atoms with van der Waals surface area (Å²) in [6.45, 7) is 10.8. The number of allylic oxidation sites excluding steroid dienone is 1. The van der Waals surface area contributed by atoms with E-state index in [1.54, 1.807) is 45.0 Å². The van der Waals surface area contributed by atoms with Crippen LogP contribution >= 0.6 is 0 Å². The lowest BCUT2D eigenvalue weighted by atomic mass is 10.1. The van der Waals surface area contributed by atoms with Crippen molar-refractivity contribution in [2.45, 2.75) is 20.8 Å². The molecule has 0 aromatic heterocycles. The van der Waals surface area contributed by atoms with Crippen LogP contribution < -0.4 is 4.74 Å². The van der Waals surface area contributed by atoms with Gasteiger partial charge in [0.15, 0.2) is 0 Å². The fourth-order valence-electron chi connectivity index (χ4n) is 1.60. The largest absolute Gasteiger partial charge is 0.462 e. The Balaban J connectivity index is 3.02. The summed E-state index contributed by atoms with van der Waals surface area (Å²) in [7, 11) is 0. The number of esters is 2. The fourth-order valence-corrected chi connectivity index (χ4v) is 1.60. The first-order chi connectivity index (χ1) is 10.5. The first-order valence-electron chi connectivity index (χ1n) is 6.90. The summed E-state index contributed by atoms with van der Waals surface area (Å²) < 4.78 is 15.0. The second kappa shape index (κ2) is 8.67. The number of ether oxygens (including phenoxy) is 3. The van der Waals surface area contributed by atoms with Gasteiger partial charge in [-0.3, -0.25) is 0 Å². The Morgan fingerprint density at radius 2 is 1.55 bits per heavy atom. The molecule has 1 radical (unpaired) electrons. The number of rotatable bonds is 7. The Bertz CT molecular complexity index is 549. The number of benzene rings is 1. The molecule has 0 unspecified atom stereocenters. The van der Waals surface area contributed by atoms with Gasteiger partial charge in [-0.25, -0.2) is 9.59 Å². The van der Waals surface area contributed by atoms with Gasteiger partial charge in [0, 0.05) is 0 Å². The molecule has 0 amide bonds. The minimum absolute atomic E-state index is 0.154. The second-order valence-electron chi connectivity index (χ2n) is 4.28. The molecule has 0 saturated heterocycles. The number of hydrogen-bond donors (Lipinski definition) is 0. The van der Waals surface area contributed by atoms with Gasteiger partial charge in [-0.05, 0) is 51.1 Å². The maximum atomic E-state index is 11.8.